The fraction of sp³-hybridized carbons (Fsp3) is 0.400. The van der Waals surface area contributed by atoms with Crippen molar-refractivity contribution in [2.24, 2.45) is 35.1 Å². The van der Waals surface area contributed by atoms with Gasteiger partial charge in [-0.2, -0.15) is 0 Å². The molecule has 8 aromatic heterocycles. The van der Waals surface area contributed by atoms with Crippen LogP contribution in [0.15, 0.2) is 61.7 Å². The second-order valence-corrected chi connectivity index (χ2v) is 15.5. The molecule has 0 spiro atoms. The Balaban J connectivity index is 0.000000154. The van der Waals surface area contributed by atoms with Crippen LogP contribution in [0.25, 0.3) is 33.6 Å². The first-order valence-electron chi connectivity index (χ1n) is 20.1. The summed E-state index contributed by atoms with van der Waals surface area (Å²) in [6, 6.07) is 4.01. The summed E-state index contributed by atoms with van der Waals surface area (Å²) in [6.07, 6.45) is 18.9. The quantitative estimate of drug-likeness (QED) is 0.135. The lowest BCUT2D eigenvalue weighted by atomic mass is 9.93. The van der Waals surface area contributed by atoms with E-state index in [0.717, 1.165) is 83.8 Å². The van der Waals surface area contributed by atoms with E-state index in [4.69, 9.17) is 20.9 Å². The summed E-state index contributed by atoms with van der Waals surface area (Å²) in [7, 11) is 0. The van der Waals surface area contributed by atoms with E-state index >= 15 is 0 Å². The molecule has 10 rings (SSSR count). The van der Waals surface area contributed by atoms with Gasteiger partial charge in [0.25, 0.3) is 11.8 Å². The molecule has 0 aliphatic heterocycles. The van der Waals surface area contributed by atoms with E-state index in [9.17, 15) is 9.59 Å². The van der Waals surface area contributed by atoms with Crippen LogP contribution in [-0.4, -0.2) is 94.1 Å². The highest BCUT2D eigenvalue weighted by atomic mass is 16.5. The van der Waals surface area contributed by atoms with E-state index < -0.39 is 11.8 Å². The summed E-state index contributed by atoms with van der Waals surface area (Å²) < 4.78 is 15.9. The number of carbonyl (C=O) groups is 2. The number of nitrogens with one attached hydrogen (secondary N) is 2. The summed E-state index contributed by atoms with van der Waals surface area (Å²) in [5.41, 5.74) is 15.8. The van der Waals surface area contributed by atoms with Crippen molar-refractivity contribution in [1.82, 2.24) is 69.1 Å². The van der Waals surface area contributed by atoms with Crippen molar-refractivity contribution in [3.05, 3.63) is 84.7 Å². The summed E-state index contributed by atoms with van der Waals surface area (Å²) in [4.78, 5) is 53.5. The predicted molar refractivity (Wildman–Crippen MR) is 216 cm³/mol. The molecule has 308 valence electrons. The molecule has 20 nitrogen and oxygen atoms in total. The van der Waals surface area contributed by atoms with Crippen molar-refractivity contribution in [2.45, 2.75) is 64.2 Å². The summed E-state index contributed by atoms with van der Waals surface area (Å²) >= 11 is 0. The summed E-state index contributed by atoms with van der Waals surface area (Å²) in [6.45, 7) is 5.50. The minimum absolute atomic E-state index is 0.124. The third kappa shape index (κ3) is 7.39. The molecule has 6 atom stereocenters. The zero-order valence-electron chi connectivity index (χ0n) is 33.0. The summed E-state index contributed by atoms with van der Waals surface area (Å²) in [5.74, 6) is 3.86. The second-order valence-electron chi connectivity index (χ2n) is 15.5. The fourth-order valence-corrected chi connectivity index (χ4v) is 9.01. The molecule has 8 heterocycles. The lowest BCUT2D eigenvalue weighted by Crippen LogP contribution is -2.14. The van der Waals surface area contributed by atoms with E-state index in [1.165, 1.54) is 24.8 Å². The number of ether oxygens (including phenoxy) is 2. The van der Waals surface area contributed by atoms with Gasteiger partial charge in [0, 0.05) is 24.2 Å². The van der Waals surface area contributed by atoms with Gasteiger partial charge in [-0.1, -0.05) is 26.7 Å². The van der Waals surface area contributed by atoms with Gasteiger partial charge >= 0.3 is 0 Å². The van der Waals surface area contributed by atoms with Gasteiger partial charge < -0.3 is 30.9 Å². The first kappa shape index (κ1) is 38.4. The molecule has 2 amide bonds. The Morgan fingerprint density at radius 2 is 1.07 bits per heavy atom. The Labute approximate surface area is 342 Å². The van der Waals surface area contributed by atoms with Gasteiger partial charge in [-0.15, -0.1) is 20.4 Å². The fourth-order valence-electron chi connectivity index (χ4n) is 9.01. The van der Waals surface area contributed by atoms with Crippen LogP contribution in [0.1, 0.15) is 96.8 Å². The van der Waals surface area contributed by atoms with Crippen molar-refractivity contribution >= 4 is 45.4 Å². The Morgan fingerprint density at radius 1 is 0.617 bits per heavy atom. The van der Waals surface area contributed by atoms with Crippen LogP contribution in [-0.2, 0) is 0 Å². The number of H-pyrrole nitrogens is 2. The van der Waals surface area contributed by atoms with Gasteiger partial charge in [0.15, 0.2) is 22.6 Å². The molecular formula is C40H44N16O4. The first-order valence-corrected chi connectivity index (χ1v) is 20.1. The van der Waals surface area contributed by atoms with E-state index in [2.05, 4.69) is 82.9 Å². The van der Waals surface area contributed by atoms with Crippen molar-refractivity contribution in [3.63, 3.8) is 0 Å². The van der Waals surface area contributed by atoms with E-state index in [0.29, 0.717) is 60.5 Å². The molecule has 0 aromatic carbocycles. The molecular weight excluding hydrogens is 769 g/mol. The van der Waals surface area contributed by atoms with E-state index in [1.54, 1.807) is 12.4 Å². The van der Waals surface area contributed by atoms with Gasteiger partial charge in [0.2, 0.25) is 11.8 Å². The molecule has 2 fully saturated rings. The molecule has 0 radical (unpaired) electrons. The van der Waals surface area contributed by atoms with Crippen LogP contribution in [0, 0.1) is 23.7 Å². The number of primary amides is 2. The highest BCUT2D eigenvalue weighted by Gasteiger charge is 2.39. The first-order chi connectivity index (χ1) is 29.3. The molecule has 0 unspecified atom stereocenters. The Morgan fingerprint density at radius 3 is 1.45 bits per heavy atom. The van der Waals surface area contributed by atoms with Crippen molar-refractivity contribution in [1.29, 1.82) is 0 Å². The lowest BCUT2D eigenvalue weighted by molar-refractivity contribution is 0.0986. The average molecular weight is 813 g/mol. The number of hydrogen-bond acceptors (Lipinski definition) is 14. The van der Waals surface area contributed by atoms with E-state index in [1.807, 2.05) is 24.5 Å². The Hall–Kier alpha value is -7.12. The van der Waals surface area contributed by atoms with Gasteiger partial charge in [0.1, 0.15) is 23.0 Å². The smallest absolute Gasteiger partial charge is 0.268 e. The third-order valence-electron chi connectivity index (χ3n) is 11.9. The molecule has 0 saturated heterocycles. The van der Waals surface area contributed by atoms with Gasteiger partial charge in [0.05, 0.1) is 61.4 Å². The predicted octanol–water partition coefficient (Wildman–Crippen LogP) is 4.19. The zero-order valence-corrected chi connectivity index (χ0v) is 33.0. The van der Waals surface area contributed by atoms with Gasteiger partial charge in [-0.25, -0.2) is 29.9 Å². The van der Waals surface area contributed by atoms with Crippen LogP contribution in [0.5, 0.6) is 11.8 Å². The SMILES string of the molecule is CC[C@@H]1C[C@H](COc2cnc(C(N)=O)cn2)C[C@@H]1c1nnc2cnc3[nH]ccc3n12.CC[C@H]1C[C@@H](COc2cnc(C(N)=O)cn2)C[C@H]1c1nnc2cnc3[nH]ccc3n12. The summed E-state index contributed by atoms with van der Waals surface area (Å²) in [5, 5.41) is 17.8. The lowest BCUT2D eigenvalue weighted by Gasteiger charge is -2.16. The largest absolute Gasteiger partial charge is 0.476 e. The molecule has 20 heteroatoms. The number of nitrogens with zero attached hydrogens (tertiary/aromatic N) is 12. The molecule has 2 aliphatic rings. The second kappa shape index (κ2) is 16.3. The van der Waals surface area contributed by atoms with Crippen LogP contribution < -0.4 is 20.9 Å². The average Bonchev–Trinajstić information content (AvgIpc) is 4.12. The maximum Gasteiger partial charge on any atom is 0.268 e. The number of nitrogens with two attached hydrogens (primary N) is 2. The number of carbonyl (C=O) groups excluding carboxylic acids is 2. The Bertz CT molecular complexity index is 2590. The van der Waals surface area contributed by atoms with Crippen molar-refractivity contribution in [2.75, 3.05) is 13.2 Å². The monoisotopic (exact) mass is 812 g/mol. The minimum atomic E-state index is -0.606. The van der Waals surface area contributed by atoms with Crippen LogP contribution in [0.2, 0.25) is 0 Å². The Kier molecular flexibility index (Phi) is 10.4. The highest BCUT2D eigenvalue weighted by molar-refractivity contribution is 5.90. The van der Waals surface area contributed by atoms with Gasteiger partial charge in [-0.3, -0.25) is 18.4 Å². The molecule has 6 N–H and O–H groups in total. The maximum absolute atomic E-state index is 11.1. The topological polar surface area (TPSA) is 274 Å². The molecule has 2 saturated carbocycles. The highest BCUT2D eigenvalue weighted by Crippen LogP contribution is 2.46. The standard InChI is InChI=1S/2C20H22N8O2/c2*1-2-12-5-11(10-30-17-9-23-14(7-24-17)18(21)29)6-13(12)20-27-26-16-8-25-19-15(28(16)20)3-4-22-19/h2*3-4,7-9,11-13,22H,2,5-6,10H2,1H3,(H2,21,29)/t2*11-,12+,13-/m10/s1. The van der Waals surface area contributed by atoms with Crippen LogP contribution in [0.3, 0.4) is 0 Å². The van der Waals surface area contributed by atoms with E-state index in [-0.39, 0.29) is 11.4 Å². The normalized spacial score (nSPS) is 21.4. The number of rotatable bonds is 12. The van der Waals surface area contributed by atoms with Gasteiger partial charge in [-0.05, 0) is 61.5 Å². The van der Waals surface area contributed by atoms with Crippen LogP contribution >= 0.6 is 0 Å². The van der Waals surface area contributed by atoms with Crippen molar-refractivity contribution in [3.8, 4) is 11.8 Å². The zero-order chi connectivity index (χ0) is 41.3. The molecule has 60 heavy (non-hydrogen) atoms. The number of fused-ring (bicyclic) bond motifs is 6. The van der Waals surface area contributed by atoms with Crippen molar-refractivity contribution < 1.29 is 19.1 Å². The third-order valence-corrected chi connectivity index (χ3v) is 11.9. The number of amides is 2. The van der Waals surface area contributed by atoms with Crippen LogP contribution in [0.4, 0.5) is 0 Å². The molecule has 2 aliphatic carbocycles. The number of aromatic amines is 2. The number of aromatic nitrogens is 14. The molecule has 8 aromatic rings. The maximum atomic E-state index is 11.1. The molecule has 0 bridgehead atoms. The minimum Gasteiger partial charge on any atom is -0.476 e. The number of hydrogen-bond donors (Lipinski definition) is 4.